The zero-order valence-corrected chi connectivity index (χ0v) is 29.5. The highest BCUT2D eigenvalue weighted by Gasteiger charge is 2.27. The molecule has 3 unspecified atom stereocenters. The topological polar surface area (TPSA) is 105 Å². The normalized spacial score (nSPS) is 15.5. The summed E-state index contributed by atoms with van der Waals surface area (Å²) >= 11 is 0. The molecule has 0 aliphatic rings. The molecule has 0 spiro atoms. The number of phosphoric acid groups is 1. The maximum absolute atomic E-state index is 12.7. The van der Waals surface area contributed by atoms with E-state index in [4.69, 9.17) is 9.05 Å². The lowest BCUT2D eigenvalue weighted by atomic mass is 10.1. The molecule has 0 aromatic rings. The third-order valence-electron chi connectivity index (χ3n) is 6.98. The van der Waals surface area contributed by atoms with Crippen LogP contribution in [0.4, 0.5) is 0 Å². The average molecular weight is 642 g/mol. The molecule has 0 saturated heterocycles. The standard InChI is InChI=1S/C35H65N2O6P/c1-6-8-10-12-14-16-18-19-20-22-24-26-28-34(38)33(32-43-44(40,41)42-31-30-37(3,4)5)36-35(39)29-27-25-23-21-17-15-13-11-9-7-2/h11-14,19-20,26,28,33-34,38H,6-10,15-18,21-25,27,29-32H2,1-5H3,(H-,36,39,40,41)/p+1/b13-11-,14-12+,20-19+,28-26+. The van der Waals surface area contributed by atoms with E-state index in [1.807, 2.05) is 27.2 Å². The van der Waals surface area contributed by atoms with Crippen molar-refractivity contribution in [1.82, 2.24) is 5.32 Å². The SMILES string of the molecule is CCC/C=C\CCCCCCCC(=O)NC(COP(=O)(O)OCC[N+](C)(C)C)C(O)/C=C/CC/C=C/CC/C=C/CCCC. The van der Waals surface area contributed by atoms with Gasteiger partial charge in [-0.25, -0.2) is 4.57 Å². The maximum Gasteiger partial charge on any atom is 0.472 e. The first-order valence-electron chi connectivity index (χ1n) is 17.0. The van der Waals surface area contributed by atoms with Crippen molar-refractivity contribution < 1.29 is 32.9 Å². The minimum Gasteiger partial charge on any atom is -0.387 e. The molecule has 3 atom stereocenters. The molecule has 3 N–H and O–H groups in total. The molecule has 0 aliphatic heterocycles. The fourth-order valence-electron chi connectivity index (χ4n) is 4.17. The molecule has 0 aliphatic carbocycles. The molecule has 0 aromatic heterocycles. The zero-order chi connectivity index (χ0) is 32.9. The Labute approximate surface area is 269 Å². The van der Waals surface area contributed by atoms with Gasteiger partial charge >= 0.3 is 7.82 Å². The van der Waals surface area contributed by atoms with Crippen LogP contribution in [-0.2, 0) is 18.4 Å². The maximum atomic E-state index is 12.7. The molecule has 1 amide bonds. The number of amides is 1. The van der Waals surface area contributed by atoms with E-state index in [-0.39, 0.29) is 19.1 Å². The number of likely N-dealkylation sites (N-methyl/N-ethyl adjacent to an activating group) is 1. The summed E-state index contributed by atoms with van der Waals surface area (Å²) in [6.45, 7) is 4.61. The summed E-state index contributed by atoms with van der Waals surface area (Å²) in [5, 5.41) is 13.6. The molecular formula is C35H66N2O6P+. The summed E-state index contributed by atoms with van der Waals surface area (Å²) in [5.74, 6) is -0.209. The van der Waals surface area contributed by atoms with E-state index in [9.17, 15) is 19.4 Å². The van der Waals surface area contributed by atoms with Gasteiger partial charge in [-0.2, -0.15) is 0 Å². The second-order valence-electron chi connectivity index (χ2n) is 12.5. The predicted molar refractivity (Wildman–Crippen MR) is 184 cm³/mol. The molecule has 8 nitrogen and oxygen atoms in total. The van der Waals surface area contributed by atoms with Gasteiger partial charge in [0.05, 0.1) is 39.9 Å². The second kappa shape index (κ2) is 27.7. The Morgan fingerprint density at radius 2 is 1.30 bits per heavy atom. The van der Waals surface area contributed by atoms with Crippen molar-refractivity contribution >= 4 is 13.7 Å². The molecule has 0 saturated carbocycles. The first-order valence-corrected chi connectivity index (χ1v) is 18.5. The monoisotopic (exact) mass is 641 g/mol. The number of rotatable bonds is 29. The van der Waals surface area contributed by atoms with Crippen LogP contribution in [0.2, 0.25) is 0 Å². The molecule has 44 heavy (non-hydrogen) atoms. The van der Waals surface area contributed by atoms with E-state index >= 15 is 0 Å². The number of phosphoric ester groups is 1. The van der Waals surface area contributed by atoms with Crippen molar-refractivity contribution in [2.45, 2.75) is 129 Å². The smallest absolute Gasteiger partial charge is 0.387 e. The van der Waals surface area contributed by atoms with E-state index < -0.39 is 20.0 Å². The van der Waals surface area contributed by atoms with Gasteiger partial charge in [-0.05, 0) is 57.8 Å². The van der Waals surface area contributed by atoms with E-state index in [0.29, 0.717) is 17.4 Å². The predicted octanol–water partition coefficient (Wildman–Crippen LogP) is 8.18. The van der Waals surface area contributed by atoms with E-state index in [1.54, 1.807) is 6.08 Å². The van der Waals surface area contributed by atoms with Crippen LogP contribution in [-0.4, -0.2) is 73.4 Å². The largest absolute Gasteiger partial charge is 0.472 e. The van der Waals surface area contributed by atoms with Crippen molar-refractivity contribution in [1.29, 1.82) is 0 Å². The van der Waals surface area contributed by atoms with Crippen LogP contribution in [0.3, 0.4) is 0 Å². The number of hydrogen-bond donors (Lipinski definition) is 3. The van der Waals surface area contributed by atoms with Crippen LogP contribution in [0.15, 0.2) is 48.6 Å². The average Bonchev–Trinajstić information content (AvgIpc) is 2.95. The van der Waals surface area contributed by atoms with E-state index in [2.05, 4.69) is 55.6 Å². The summed E-state index contributed by atoms with van der Waals surface area (Å²) in [6.07, 6.45) is 31.8. The molecule has 0 radical (unpaired) electrons. The van der Waals surface area contributed by atoms with Gasteiger partial charge in [0.1, 0.15) is 13.2 Å². The fourth-order valence-corrected chi connectivity index (χ4v) is 4.91. The molecule has 0 rings (SSSR count). The highest BCUT2D eigenvalue weighted by molar-refractivity contribution is 7.47. The van der Waals surface area contributed by atoms with Gasteiger partial charge in [-0.1, -0.05) is 101 Å². The Kier molecular flexibility index (Phi) is 26.8. The molecule has 9 heteroatoms. The summed E-state index contributed by atoms with van der Waals surface area (Å²) < 4.78 is 23.3. The molecule has 0 heterocycles. The lowest BCUT2D eigenvalue weighted by Gasteiger charge is -2.25. The van der Waals surface area contributed by atoms with E-state index in [0.717, 1.165) is 77.0 Å². The number of aliphatic hydroxyl groups is 1. The summed E-state index contributed by atoms with van der Waals surface area (Å²) in [4.78, 5) is 22.8. The third kappa shape index (κ3) is 29.2. The number of unbranched alkanes of at least 4 members (excludes halogenated alkanes) is 10. The Bertz CT molecular complexity index is 866. The lowest BCUT2D eigenvalue weighted by Crippen LogP contribution is -2.45. The number of hydrogen-bond acceptors (Lipinski definition) is 5. The van der Waals surface area contributed by atoms with Crippen LogP contribution < -0.4 is 5.32 Å². The van der Waals surface area contributed by atoms with Crippen LogP contribution in [0.5, 0.6) is 0 Å². The Morgan fingerprint density at radius 1 is 0.750 bits per heavy atom. The third-order valence-corrected chi connectivity index (χ3v) is 7.96. The van der Waals surface area contributed by atoms with Gasteiger partial charge < -0.3 is 19.8 Å². The van der Waals surface area contributed by atoms with Gasteiger partial charge in [0, 0.05) is 6.42 Å². The highest BCUT2D eigenvalue weighted by Crippen LogP contribution is 2.43. The molecular weight excluding hydrogens is 575 g/mol. The number of carbonyl (C=O) groups is 1. The number of nitrogens with zero attached hydrogens (tertiary/aromatic N) is 1. The lowest BCUT2D eigenvalue weighted by molar-refractivity contribution is -0.870. The number of quaternary nitrogens is 1. The highest BCUT2D eigenvalue weighted by atomic mass is 31.2. The van der Waals surface area contributed by atoms with Crippen LogP contribution in [0.1, 0.15) is 117 Å². The van der Waals surface area contributed by atoms with Gasteiger partial charge in [0.15, 0.2) is 0 Å². The second-order valence-corrected chi connectivity index (χ2v) is 14.0. The first kappa shape index (κ1) is 42.5. The summed E-state index contributed by atoms with van der Waals surface area (Å²) in [7, 11) is 1.53. The van der Waals surface area contributed by atoms with Crippen molar-refractivity contribution in [3.8, 4) is 0 Å². The number of nitrogens with one attached hydrogen (secondary N) is 1. The summed E-state index contributed by atoms with van der Waals surface area (Å²) in [6, 6.07) is -0.869. The van der Waals surface area contributed by atoms with Crippen molar-refractivity contribution in [3.63, 3.8) is 0 Å². The molecule has 0 bridgehead atoms. The van der Waals surface area contributed by atoms with Crippen molar-refractivity contribution in [3.05, 3.63) is 48.6 Å². The van der Waals surface area contributed by atoms with Gasteiger partial charge in [-0.3, -0.25) is 13.8 Å². The minimum absolute atomic E-state index is 0.0500. The van der Waals surface area contributed by atoms with Gasteiger partial charge in [-0.15, -0.1) is 0 Å². The molecule has 256 valence electrons. The zero-order valence-electron chi connectivity index (χ0n) is 28.6. The Balaban J connectivity index is 4.74. The van der Waals surface area contributed by atoms with Gasteiger partial charge in [0.2, 0.25) is 5.91 Å². The van der Waals surface area contributed by atoms with E-state index in [1.165, 1.54) is 19.3 Å². The quantitative estimate of drug-likeness (QED) is 0.0329. The van der Waals surface area contributed by atoms with Crippen molar-refractivity contribution in [2.75, 3.05) is 40.9 Å². The van der Waals surface area contributed by atoms with Gasteiger partial charge in [0.25, 0.3) is 0 Å². The Hall–Kier alpha value is -1.54. The number of allylic oxidation sites excluding steroid dienone is 7. The Morgan fingerprint density at radius 3 is 1.91 bits per heavy atom. The summed E-state index contributed by atoms with van der Waals surface area (Å²) in [5.41, 5.74) is 0. The first-order chi connectivity index (χ1) is 21.0. The molecule has 0 aromatic carbocycles. The fraction of sp³-hybridized carbons (Fsp3) is 0.743. The van der Waals surface area contributed by atoms with Crippen LogP contribution >= 0.6 is 7.82 Å². The van der Waals surface area contributed by atoms with Crippen molar-refractivity contribution in [2.24, 2.45) is 0 Å². The van der Waals surface area contributed by atoms with Crippen LogP contribution in [0, 0.1) is 0 Å². The minimum atomic E-state index is -4.34. The number of aliphatic hydroxyl groups excluding tert-OH is 1. The van der Waals surface area contributed by atoms with Crippen LogP contribution in [0.25, 0.3) is 0 Å². The number of carbonyl (C=O) groups excluding carboxylic acids is 1. The molecule has 0 fully saturated rings.